The molecule has 1 aromatic carbocycles. The largest absolute Gasteiger partial charge is 0.496 e. The number of halogens is 1. The van der Waals surface area contributed by atoms with Crippen molar-refractivity contribution in [2.24, 2.45) is 0 Å². The molecule has 2 aliphatic heterocycles. The summed E-state index contributed by atoms with van der Waals surface area (Å²) in [4.78, 5) is 43.4. The summed E-state index contributed by atoms with van der Waals surface area (Å²) in [5, 5.41) is 2.82. The van der Waals surface area contributed by atoms with Gasteiger partial charge in [0, 0.05) is 44.4 Å². The monoisotopic (exact) mass is 484 g/mol. The van der Waals surface area contributed by atoms with Crippen molar-refractivity contribution in [1.29, 1.82) is 0 Å². The molecule has 1 saturated heterocycles. The fourth-order valence-corrected chi connectivity index (χ4v) is 5.07. The fourth-order valence-electron chi connectivity index (χ4n) is 5.07. The number of fused-ring (bicyclic) bond motifs is 1. The average molecular weight is 485 g/mol. The third-order valence-corrected chi connectivity index (χ3v) is 7.00. The van der Waals surface area contributed by atoms with Crippen LogP contribution in [0.5, 0.6) is 5.75 Å². The molecule has 0 unspecified atom stereocenters. The maximum absolute atomic E-state index is 13.5. The Balaban J connectivity index is 1.56. The summed E-state index contributed by atoms with van der Waals surface area (Å²) in [5.41, 5.74) is 1.19. The van der Waals surface area contributed by atoms with Crippen LogP contribution in [0.15, 0.2) is 35.1 Å². The van der Waals surface area contributed by atoms with Gasteiger partial charge >= 0.3 is 0 Å². The van der Waals surface area contributed by atoms with Gasteiger partial charge in [-0.3, -0.25) is 19.3 Å². The van der Waals surface area contributed by atoms with E-state index >= 15 is 0 Å². The molecule has 1 fully saturated rings. The summed E-state index contributed by atoms with van der Waals surface area (Å²) in [6.45, 7) is 2.17. The number of amides is 2. The molecule has 1 N–H and O–H groups in total. The van der Waals surface area contributed by atoms with Crippen molar-refractivity contribution in [2.45, 2.75) is 51.2 Å². The first kappa shape index (κ1) is 24.9. The molecule has 9 heteroatoms. The third-order valence-electron chi connectivity index (χ3n) is 7.00. The van der Waals surface area contributed by atoms with Gasteiger partial charge in [-0.2, -0.15) is 0 Å². The van der Waals surface area contributed by atoms with Crippen LogP contribution >= 0.6 is 0 Å². The van der Waals surface area contributed by atoms with E-state index < -0.39 is 5.91 Å². The molecule has 2 aliphatic rings. The number of pyridine rings is 1. The summed E-state index contributed by atoms with van der Waals surface area (Å²) >= 11 is 0. The molecule has 0 saturated carbocycles. The molecule has 0 aliphatic carbocycles. The molecular weight excluding hydrogens is 451 g/mol. The lowest BCUT2D eigenvalue weighted by atomic mass is 10.1. The highest BCUT2D eigenvalue weighted by molar-refractivity contribution is 5.98. The standard InChI is InChI=1S/C26H33FN4O4/c1-29-11-5-3-4-9-21(29)26(34)30-12-10-20-24(22(35-2)16-23(32)31(20)14-13-30)25(33)28-17-18-7-6-8-19(27)15-18/h6-8,15-16,21H,3-5,9-14,17H2,1-2H3,(H,28,33)/t21-/m0/s1. The molecule has 0 radical (unpaired) electrons. The number of hydrogen-bond donors (Lipinski definition) is 1. The van der Waals surface area contributed by atoms with Gasteiger partial charge in [-0.15, -0.1) is 0 Å². The topological polar surface area (TPSA) is 83.9 Å². The lowest BCUT2D eigenvalue weighted by molar-refractivity contribution is -0.136. The van der Waals surface area contributed by atoms with Crippen molar-refractivity contribution >= 4 is 11.8 Å². The minimum Gasteiger partial charge on any atom is -0.496 e. The highest BCUT2D eigenvalue weighted by Crippen LogP contribution is 2.24. The first-order valence-corrected chi connectivity index (χ1v) is 12.2. The van der Waals surface area contributed by atoms with Gasteiger partial charge in [-0.1, -0.05) is 25.0 Å². The molecule has 188 valence electrons. The lowest BCUT2D eigenvalue weighted by Crippen LogP contribution is -2.48. The minimum absolute atomic E-state index is 0.0827. The van der Waals surface area contributed by atoms with E-state index in [1.165, 1.54) is 25.3 Å². The number of likely N-dealkylation sites (N-methyl/N-ethyl adjacent to an activating group) is 1. The number of aromatic nitrogens is 1. The SMILES string of the molecule is COc1cc(=O)n2c(c1C(=O)NCc1cccc(F)c1)CCN(C(=O)[C@@H]1CCCCCN1C)CC2. The predicted octanol–water partition coefficient (Wildman–Crippen LogP) is 2.19. The Bertz CT molecular complexity index is 1150. The Hall–Kier alpha value is -3.20. The number of nitrogens with one attached hydrogen (secondary N) is 1. The smallest absolute Gasteiger partial charge is 0.257 e. The molecule has 8 nitrogen and oxygen atoms in total. The van der Waals surface area contributed by atoms with Crippen molar-refractivity contribution in [3.05, 3.63) is 63.3 Å². The fraction of sp³-hybridized carbons (Fsp3) is 0.500. The Kier molecular flexibility index (Phi) is 7.85. The average Bonchev–Trinajstić information content (AvgIpc) is 3.20. The van der Waals surface area contributed by atoms with E-state index in [9.17, 15) is 18.8 Å². The van der Waals surface area contributed by atoms with Crippen LogP contribution in [0, 0.1) is 5.82 Å². The Labute approximate surface area is 204 Å². The van der Waals surface area contributed by atoms with Crippen LogP contribution in [-0.4, -0.2) is 66.0 Å². The second-order valence-electron chi connectivity index (χ2n) is 9.26. The first-order valence-electron chi connectivity index (χ1n) is 12.2. The third kappa shape index (κ3) is 5.56. The number of carbonyl (C=O) groups excluding carboxylic acids is 2. The van der Waals surface area contributed by atoms with Crippen LogP contribution in [-0.2, 0) is 24.3 Å². The van der Waals surface area contributed by atoms with Crippen molar-refractivity contribution < 1.29 is 18.7 Å². The van der Waals surface area contributed by atoms with Gasteiger partial charge < -0.3 is 19.5 Å². The number of nitrogens with zero attached hydrogens (tertiary/aromatic N) is 3. The van der Waals surface area contributed by atoms with Gasteiger partial charge in [0.05, 0.1) is 13.2 Å². The highest BCUT2D eigenvalue weighted by atomic mass is 19.1. The second kappa shape index (κ2) is 11.0. The van der Waals surface area contributed by atoms with Crippen LogP contribution in [0.1, 0.15) is 47.3 Å². The molecule has 1 aromatic heterocycles. The van der Waals surface area contributed by atoms with Gasteiger partial charge in [0.25, 0.3) is 11.5 Å². The predicted molar refractivity (Wildman–Crippen MR) is 130 cm³/mol. The summed E-state index contributed by atoms with van der Waals surface area (Å²) in [6, 6.07) is 7.18. The number of likely N-dealkylation sites (tertiary alicyclic amines) is 1. The quantitative estimate of drug-likeness (QED) is 0.704. The van der Waals surface area contributed by atoms with E-state index in [1.807, 2.05) is 11.9 Å². The summed E-state index contributed by atoms with van der Waals surface area (Å²) in [7, 11) is 3.42. The number of rotatable bonds is 5. The van der Waals surface area contributed by atoms with Gasteiger partial charge in [0.2, 0.25) is 5.91 Å². The second-order valence-corrected chi connectivity index (χ2v) is 9.26. The van der Waals surface area contributed by atoms with E-state index in [1.54, 1.807) is 16.7 Å². The molecule has 0 spiro atoms. The van der Waals surface area contributed by atoms with Crippen LogP contribution in [0.2, 0.25) is 0 Å². The zero-order chi connectivity index (χ0) is 24.9. The van der Waals surface area contributed by atoms with Crippen molar-refractivity contribution in [1.82, 2.24) is 19.7 Å². The van der Waals surface area contributed by atoms with Crippen LogP contribution < -0.4 is 15.6 Å². The summed E-state index contributed by atoms with van der Waals surface area (Å²) < 4.78 is 20.5. The van der Waals surface area contributed by atoms with Crippen molar-refractivity contribution in [2.75, 3.05) is 33.8 Å². The molecule has 3 heterocycles. The van der Waals surface area contributed by atoms with E-state index in [-0.39, 0.29) is 41.2 Å². The highest BCUT2D eigenvalue weighted by Gasteiger charge is 2.31. The lowest BCUT2D eigenvalue weighted by Gasteiger charge is -2.30. The normalized spacial score (nSPS) is 18.8. The van der Waals surface area contributed by atoms with Crippen LogP contribution in [0.25, 0.3) is 0 Å². The zero-order valence-electron chi connectivity index (χ0n) is 20.4. The molecule has 2 aromatic rings. The molecular formula is C26H33FN4O4. The Morgan fingerprint density at radius 1 is 1.11 bits per heavy atom. The van der Waals surface area contributed by atoms with Gasteiger partial charge in [-0.25, -0.2) is 4.39 Å². The van der Waals surface area contributed by atoms with Crippen molar-refractivity contribution in [3.63, 3.8) is 0 Å². The van der Waals surface area contributed by atoms with E-state index in [0.29, 0.717) is 37.3 Å². The number of benzene rings is 1. The van der Waals surface area contributed by atoms with Gasteiger partial charge in [-0.05, 0) is 44.1 Å². The molecule has 4 rings (SSSR count). The summed E-state index contributed by atoms with van der Waals surface area (Å²) in [6.07, 6.45) is 4.44. The van der Waals surface area contributed by atoms with E-state index in [0.717, 1.165) is 32.2 Å². The van der Waals surface area contributed by atoms with E-state index in [2.05, 4.69) is 10.2 Å². The maximum atomic E-state index is 13.5. The Morgan fingerprint density at radius 2 is 1.94 bits per heavy atom. The van der Waals surface area contributed by atoms with Crippen molar-refractivity contribution in [3.8, 4) is 5.75 Å². The summed E-state index contributed by atoms with van der Waals surface area (Å²) in [5.74, 6) is -0.503. The molecule has 2 amide bonds. The van der Waals surface area contributed by atoms with Gasteiger partial charge in [0.1, 0.15) is 17.1 Å². The number of carbonyl (C=O) groups is 2. The van der Waals surface area contributed by atoms with Crippen LogP contribution in [0.3, 0.4) is 0 Å². The first-order chi connectivity index (χ1) is 16.9. The number of methoxy groups -OCH3 is 1. The maximum Gasteiger partial charge on any atom is 0.257 e. The Morgan fingerprint density at radius 3 is 2.71 bits per heavy atom. The van der Waals surface area contributed by atoms with E-state index in [4.69, 9.17) is 4.74 Å². The number of ether oxygens (including phenoxy) is 1. The zero-order valence-corrected chi connectivity index (χ0v) is 20.4. The minimum atomic E-state index is -0.405. The molecule has 35 heavy (non-hydrogen) atoms. The van der Waals surface area contributed by atoms with Crippen LogP contribution in [0.4, 0.5) is 4.39 Å². The van der Waals surface area contributed by atoms with Gasteiger partial charge in [0.15, 0.2) is 0 Å². The number of hydrogen-bond acceptors (Lipinski definition) is 5. The molecule has 0 bridgehead atoms. The molecule has 1 atom stereocenters.